The van der Waals surface area contributed by atoms with Gasteiger partial charge < -0.3 is 15.6 Å². The lowest BCUT2D eigenvalue weighted by molar-refractivity contribution is 0.274. The van der Waals surface area contributed by atoms with Gasteiger partial charge in [-0.1, -0.05) is 0 Å². The maximum absolute atomic E-state index is 9.96. The van der Waals surface area contributed by atoms with Crippen LogP contribution in [-0.4, -0.2) is 24.4 Å². The highest BCUT2D eigenvalue weighted by Gasteiger charge is 1.93. The maximum Gasteiger partial charge on any atom is 0.221 e. The number of rotatable bonds is 2. The van der Waals surface area contributed by atoms with Crippen molar-refractivity contribution in [2.24, 2.45) is 10.8 Å². The van der Waals surface area contributed by atoms with Gasteiger partial charge in [0.25, 0.3) is 0 Å². The van der Waals surface area contributed by atoms with Crippen molar-refractivity contribution >= 4 is 24.4 Å². The van der Waals surface area contributed by atoms with Crippen molar-refractivity contribution < 1.29 is 4.79 Å². The first-order valence-electron chi connectivity index (χ1n) is 1.28. The van der Waals surface area contributed by atoms with Crippen LogP contribution < -0.4 is 10.8 Å². The third-order valence-corrected chi connectivity index (χ3v) is 1.65. The second kappa shape index (κ2) is 3.22. The van der Waals surface area contributed by atoms with E-state index in [0.717, 1.165) is 0 Å². The molecule has 0 rings (SSSR count). The lowest BCUT2D eigenvalue weighted by Crippen LogP contribution is -2.28. The van der Waals surface area contributed by atoms with Gasteiger partial charge in [0.1, 0.15) is 5.03 Å². The number of hydrogen-bond donors (Lipinski definition) is 2. The molecule has 0 spiro atoms. The topological polar surface area (TPSA) is 69.1 Å². The van der Waals surface area contributed by atoms with Crippen molar-refractivity contribution in [2.45, 2.75) is 0 Å². The molecule has 0 amide bonds. The standard InChI is InChI=1S/CH4N2OSi2/c2-5-1(4)6-3/h2-3H2. The molecule has 0 bridgehead atoms. The van der Waals surface area contributed by atoms with Gasteiger partial charge in [-0.2, -0.15) is 0 Å². The summed E-state index contributed by atoms with van der Waals surface area (Å²) in [5.74, 6) is 0. The van der Waals surface area contributed by atoms with E-state index >= 15 is 0 Å². The fourth-order valence-electron chi connectivity index (χ4n) is 0.0417. The minimum absolute atomic E-state index is 0.0463. The minimum atomic E-state index is -0.120. The van der Waals surface area contributed by atoms with Crippen molar-refractivity contribution in [1.82, 2.24) is 0 Å². The summed E-state index contributed by atoms with van der Waals surface area (Å²) in [6.07, 6.45) is 0. The van der Waals surface area contributed by atoms with Gasteiger partial charge in [-0.15, -0.1) is 0 Å². The highest BCUT2D eigenvalue weighted by Crippen LogP contribution is 1.53. The maximum atomic E-state index is 9.96. The molecule has 6 heavy (non-hydrogen) atoms. The van der Waals surface area contributed by atoms with Crippen LogP contribution in [0.5, 0.6) is 0 Å². The van der Waals surface area contributed by atoms with Crippen molar-refractivity contribution in [3.05, 3.63) is 0 Å². The lowest BCUT2D eigenvalue weighted by Gasteiger charge is -1.77. The first-order valence-corrected chi connectivity index (χ1v) is 3.44. The first-order chi connectivity index (χ1) is 2.81. The monoisotopic (exact) mass is 116 g/mol. The van der Waals surface area contributed by atoms with Crippen LogP contribution in [0.3, 0.4) is 0 Å². The van der Waals surface area contributed by atoms with Gasteiger partial charge in [0, 0.05) is 0 Å². The Hall–Kier alpha value is 0.0238. The van der Waals surface area contributed by atoms with Crippen LogP contribution in [0, 0.1) is 0 Å². The average molecular weight is 116 g/mol. The quantitative estimate of drug-likeness (QED) is 0.421. The lowest BCUT2D eigenvalue weighted by atomic mass is 11.8. The Morgan fingerprint density at radius 3 is 1.67 bits per heavy atom. The van der Waals surface area contributed by atoms with Gasteiger partial charge in [0.05, 0.1) is 0 Å². The summed E-state index contributed by atoms with van der Waals surface area (Å²) in [5.41, 5.74) is 0. The second-order valence-corrected chi connectivity index (χ2v) is 2.60. The van der Waals surface area contributed by atoms with E-state index in [9.17, 15) is 4.79 Å². The highest BCUT2D eigenvalue weighted by molar-refractivity contribution is 7.01. The zero-order valence-electron chi connectivity index (χ0n) is 3.06. The fraction of sp³-hybridized carbons (Fsp3) is 0. The Balaban J connectivity index is 2.99. The normalized spacial score (nSPS) is 8.33. The van der Waals surface area contributed by atoms with Crippen molar-refractivity contribution in [1.29, 1.82) is 0 Å². The molecule has 0 unspecified atom stereocenters. The Bertz CT molecular complexity index is 49.5. The highest BCUT2D eigenvalue weighted by atomic mass is 28.3. The Morgan fingerprint density at radius 2 is 1.67 bits per heavy atom. The van der Waals surface area contributed by atoms with Crippen molar-refractivity contribution in [2.75, 3.05) is 0 Å². The van der Waals surface area contributed by atoms with E-state index in [-0.39, 0.29) is 24.4 Å². The molecule has 0 saturated carbocycles. The van der Waals surface area contributed by atoms with Crippen LogP contribution in [0.1, 0.15) is 0 Å². The smallest absolute Gasteiger partial charge is 0.221 e. The summed E-state index contributed by atoms with van der Waals surface area (Å²) in [7, 11) is -0.240. The van der Waals surface area contributed by atoms with E-state index in [2.05, 4.69) is 0 Å². The molecule has 0 aliphatic carbocycles. The molecule has 0 aliphatic rings. The van der Waals surface area contributed by atoms with E-state index in [0.29, 0.717) is 0 Å². The molecule has 0 aliphatic heterocycles. The summed E-state index contributed by atoms with van der Waals surface area (Å²) in [6, 6.07) is 0. The van der Waals surface area contributed by atoms with Gasteiger partial charge in [0.15, 0.2) is 0 Å². The Morgan fingerprint density at radius 1 is 1.33 bits per heavy atom. The molecule has 0 saturated heterocycles. The molecule has 0 atom stereocenters. The summed E-state index contributed by atoms with van der Waals surface area (Å²) >= 11 is 0. The van der Waals surface area contributed by atoms with Gasteiger partial charge in [-0.25, -0.2) is 0 Å². The van der Waals surface area contributed by atoms with Crippen LogP contribution in [0.4, 0.5) is 4.79 Å². The fourth-order valence-corrected chi connectivity index (χ4v) is 0.375. The molecule has 4 radical (unpaired) electrons. The van der Waals surface area contributed by atoms with E-state index in [1.54, 1.807) is 0 Å². The molecule has 4 N–H and O–H groups in total. The largest absolute Gasteiger partial charge is 0.347 e. The van der Waals surface area contributed by atoms with Gasteiger partial charge >= 0.3 is 0 Å². The summed E-state index contributed by atoms with van der Waals surface area (Å²) in [5, 5.41) is 9.73. The molecule has 0 fully saturated rings. The SMILES string of the molecule is N[Si]C(=O)[Si]N. The van der Waals surface area contributed by atoms with E-state index in [4.69, 9.17) is 10.8 Å². The molecule has 3 nitrogen and oxygen atoms in total. The van der Waals surface area contributed by atoms with Gasteiger partial charge in [-0.3, -0.25) is 0 Å². The van der Waals surface area contributed by atoms with Gasteiger partial charge in [-0.05, 0) is 0 Å². The van der Waals surface area contributed by atoms with Crippen LogP contribution in [0.15, 0.2) is 0 Å². The Kier molecular flexibility index (Phi) is 3.24. The summed E-state index contributed by atoms with van der Waals surface area (Å²) in [4.78, 5) is 9.96. The van der Waals surface area contributed by atoms with E-state index < -0.39 is 0 Å². The van der Waals surface area contributed by atoms with E-state index in [1.165, 1.54) is 0 Å². The second-order valence-electron chi connectivity index (χ2n) is 0.618. The predicted molar refractivity (Wildman–Crippen MR) is 25.3 cm³/mol. The summed E-state index contributed by atoms with van der Waals surface area (Å²) in [6.45, 7) is 0. The zero-order valence-corrected chi connectivity index (χ0v) is 5.06. The van der Waals surface area contributed by atoms with Crippen LogP contribution >= 0.6 is 0 Å². The van der Waals surface area contributed by atoms with Crippen LogP contribution in [-0.2, 0) is 0 Å². The molecule has 0 aromatic heterocycles. The average Bonchev–Trinajstić information content (AvgIpc) is 1.65. The van der Waals surface area contributed by atoms with Crippen LogP contribution in [0.25, 0.3) is 0 Å². The van der Waals surface area contributed by atoms with Crippen molar-refractivity contribution in [3.8, 4) is 0 Å². The molecule has 32 valence electrons. The van der Waals surface area contributed by atoms with E-state index in [1.807, 2.05) is 0 Å². The molecule has 5 heteroatoms. The predicted octanol–water partition coefficient (Wildman–Crippen LogP) is -1.74. The van der Waals surface area contributed by atoms with Crippen molar-refractivity contribution in [3.63, 3.8) is 0 Å². The molecule has 0 aromatic carbocycles. The number of carbonyl (C=O) groups is 1. The Labute approximate surface area is 40.9 Å². The number of carbonyl (C=O) groups excluding carboxylic acids is 1. The molecule has 0 aromatic rings. The van der Waals surface area contributed by atoms with Crippen LogP contribution in [0.2, 0.25) is 0 Å². The number of nitrogens with two attached hydrogens (primary N) is 2. The number of hydrogen-bond acceptors (Lipinski definition) is 3. The zero-order chi connectivity index (χ0) is 4.99. The first kappa shape index (κ1) is 6.02. The molecule has 0 heterocycles. The summed E-state index contributed by atoms with van der Waals surface area (Å²) < 4.78 is 0. The van der Waals surface area contributed by atoms with Gasteiger partial charge in [0.2, 0.25) is 19.4 Å². The third kappa shape index (κ3) is 2.27. The third-order valence-electron chi connectivity index (χ3n) is 0.262. The molecular formula is CH4N2OSi2. The molecular weight excluding hydrogens is 112 g/mol. The minimum Gasteiger partial charge on any atom is -0.347 e.